The molecule has 1 aliphatic heterocycles. The first kappa shape index (κ1) is 14.5. The van der Waals surface area contributed by atoms with Crippen molar-refractivity contribution in [2.45, 2.75) is 32.7 Å². The highest BCUT2D eigenvalue weighted by molar-refractivity contribution is 5.71. The van der Waals surface area contributed by atoms with Crippen LogP contribution in [0.4, 0.5) is 0 Å². The van der Waals surface area contributed by atoms with Gasteiger partial charge in [-0.3, -0.25) is 0 Å². The van der Waals surface area contributed by atoms with Crippen molar-refractivity contribution in [3.8, 4) is 0 Å². The van der Waals surface area contributed by atoms with Gasteiger partial charge in [-0.2, -0.15) is 0 Å². The first-order chi connectivity index (χ1) is 10.3. The predicted molar refractivity (Wildman–Crippen MR) is 83.2 cm³/mol. The van der Waals surface area contributed by atoms with Crippen LogP contribution in [0.2, 0.25) is 0 Å². The SMILES string of the molecule is CCN1CCCC(Cc2nc3cccnc3n2CCO)C1. The molecule has 21 heavy (non-hydrogen) atoms. The molecule has 0 bridgehead atoms. The van der Waals surface area contributed by atoms with E-state index in [1.807, 2.05) is 12.1 Å². The summed E-state index contributed by atoms with van der Waals surface area (Å²) in [7, 11) is 0. The molecule has 5 heteroatoms. The van der Waals surface area contributed by atoms with Crippen LogP contribution in [0, 0.1) is 5.92 Å². The topological polar surface area (TPSA) is 54.2 Å². The van der Waals surface area contributed by atoms with Crippen LogP contribution in [0.15, 0.2) is 18.3 Å². The van der Waals surface area contributed by atoms with Crippen LogP contribution < -0.4 is 0 Å². The normalized spacial score (nSPS) is 20.2. The third-order valence-electron chi connectivity index (χ3n) is 4.43. The zero-order valence-electron chi connectivity index (χ0n) is 12.7. The average Bonchev–Trinajstić information content (AvgIpc) is 2.86. The van der Waals surface area contributed by atoms with Gasteiger partial charge < -0.3 is 14.6 Å². The van der Waals surface area contributed by atoms with Gasteiger partial charge >= 0.3 is 0 Å². The molecule has 2 aromatic heterocycles. The summed E-state index contributed by atoms with van der Waals surface area (Å²) >= 11 is 0. The number of imidazole rings is 1. The number of aliphatic hydroxyl groups excluding tert-OH is 1. The number of fused-ring (bicyclic) bond motifs is 1. The van der Waals surface area contributed by atoms with Gasteiger partial charge in [0, 0.05) is 25.7 Å². The van der Waals surface area contributed by atoms with Gasteiger partial charge in [-0.15, -0.1) is 0 Å². The second-order valence-electron chi connectivity index (χ2n) is 5.86. The van der Waals surface area contributed by atoms with E-state index in [0.29, 0.717) is 12.5 Å². The Morgan fingerprint density at radius 1 is 1.43 bits per heavy atom. The number of likely N-dealkylation sites (tertiary alicyclic amines) is 1. The van der Waals surface area contributed by atoms with Gasteiger partial charge in [0.25, 0.3) is 0 Å². The Labute approximate surface area is 125 Å². The summed E-state index contributed by atoms with van der Waals surface area (Å²) in [6, 6.07) is 3.92. The van der Waals surface area contributed by atoms with Crippen molar-refractivity contribution in [1.82, 2.24) is 19.4 Å². The summed E-state index contributed by atoms with van der Waals surface area (Å²) in [4.78, 5) is 11.7. The lowest BCUT2D eigenvalue weighted by molar-refractivity contribution is 0.179. The van der Waals surface area contributed by atoms with E-state index in [4.69, 9.17) is 4.98 Å². The smallest absolute Gasteiger partial charge is 0.160 e. The fourth-order valence-corrected chi connectivity index (χ4v) is 3.36. The molecule has 1 N–H and O–H groups in total. The van der Waals surface area contributed by atoms with E-state index < -0.39 is 0 Å². The predicted octanol–water partition coefficient (Wildman–Crippen LogP) is 1.70. The van der Waals surface area contributed by atoms with E-state index in [1.165, 1.54) is 19.4 Å². The molecule has 0 aliphatic carbocycles. The molecule has 1 unspecified atom stereocenters. The van der Waals surface area contributed by atoms with E-state index in [2.05, 4.69) is 21.4 Å². The Balaban J connectivity index is 1.84. The van der Waals surface area contributed by atoms with Crippen molar-refractivity contribution in [2.24, 2.45) is 5.92 Å². The van der Waals surface area contributed by atoms with E-state index in [-0.39, 0.29) is 6.61 Å². The van der Waals surface area contributed by atoms with E-state index in [9.17, 15) is 5.11 Å². The molecule has 0 radical (unpaired) electrons. The number of aliphatic hydroxyl groups is 1. The molecule has 0 spiro atoms. The molecule has 1 fully saturated rings. The van der Waals surface area contributed by atoms with Gasteiger partial charge in [0.2, 0.25) is 0 Å². The van der Waals surface area contributed by atoms with Gasteiger partial charge in [0.05, 0.1) is 6.61 Å². The van der Waals surface area contributed by atoms with Crippen molar-refractivity contribution < 1.29 is 5.11 Å². The summed E-state index contributed by atoms with van der Waals surface area (Å²) < 4.78 is 2.08. The minimum atomic E-state index is 0.126. The summed E-state index contributed by atoms with van der Waals surface area (Å²) in [6.45, 7) is 6.44. The van der Waals surface area contributed by atoms with Gasteiger partial charge in [-0.25, -0.2) is 9.97 Å². The molecular formula is C16H24N4O. The minimum absolute atomic E-state index is 0.126. The summed E-state index contributed by atoms with van der Waals surface area (Å²) in [6.07, 6.45) is 5.32. The van der Waals surface area contributed by atoms with Crippen LogP contribution in [-0.2, 0) is 13.0 Å². The maximum Gasteiger partial charge on any atom is 0.160 e. The molecule has 0 aromatic carbocycles. The molecule has 1 atom stereocenters. The number of hydrogen-bond donors (Lipinski definition) is 1. The maximum absolute atomic E-state index is 9.32. The van der Waals surface area contributed by atoms with Crippen LogP contribution >= 0.6 is 0 Å². The summed E-state index contributed by atoms with van der Waals surface area (Å²) in [5, 5.41) is 9.32. The second-order valence-corrected chi connectivity index (χ2v) is 5.86. The molecule has 3 rings (SSSR count). The van der Waals surface area contributed by atoms with Crippen LogP contribution in [0.25, 0.3) is 11.2 Å². The quantitative estimate of drug-likeness (QED) is 0.910. The molecule has 1 aliphatic rings. The van der Waals surface area contributed by atoms with Crippen molar-refractivity contribution in [3.05, 3.63) is 24.2 Å². The highest BCUT2D eigenvalue weighted by Crippen LogP contribution is 2.22. The lowest BCUT2D eigenvalue weighted by Gasteiger charge is -2.31. The fourth-order valence-electron chi connectivity index (χ4n) is 3.36. The zero-order valence-corrected chi connectivity index (χ0v) is 12.7. The maximum atomic E-state index is 9.32. The monoisotopic (exact) mass is 288 g/mol. The van der Waals surface area contributed by atoms with Crippen LogP contribution in [0.3, 0.4) is 0 Å². The fraction of sp³-hybridized carbons (Fsp3) is 0.625. The molecule has 5 nitrogen and oxygen atoms in total. The van der Waals surface area contributed by atoms with Crippen LogP contribution in [0.5, 0.6) is 0 Å². The number of pyridine rings is 1. The van der Waals surface area contributed by atoms with Crippen molar-refractivity contribution in [1.29, 1.82) is 0 Å². The highest BCUT2D eigenvalue weighted by atomic mass is 16.3. The third kappa shape index (κ3) is 3.09. The van der Waals surface area contributed by atoms with Crippen LogP contribution in [-0.4, -0.2) is 50.8 Å². The highest BCUT2D eigenvalue weighted by Gasteiger charge is 2.22. The molecule has 0 saturated carbocycles. The lowest BCUT2D eigenvalue weighted by atomic mass is 9.94. The molecule has 1 saturated heterocycles. The van der Waals surface area contributed by atoms with E-state index in [1.54, 1.807) is 6.20 Å². The van der Waals surface area contributed by atoms with Crippen LogP contribution in [0.1, 0.15) is 25.6 Å². The number of piperidine rings is 1. The summed E-state index contributed by atoms with van der Waals surface area (Å²) in [5.41, 5.74) is 1.83. The Morgan fingerprint density at radius 3 is 3.14 bits per heavy atom. The largest absolute Gasteiger partial charge is 0.395 e. The zero-order chi connectivity index (χ0) is 14.7. The number of rotatable bonds is 5. The lowest BCUT2D eigenvalue weighted by Crippen LogP contribution is -2.36. The number of aromatic nitrogens is 3. The average molecular weight is 288 g/mol. The van der Waals surface area contributed by atoms with Crippen molar-refractivity contribution in [2.75, 3.05) is 26.2 Å². The van der Waals surface area contributed by atoms with Gasteiger partial charge in [-0.1, -0.05) is 6.92 Å². The third-order valence-corrected chi connectivity index (χ3v) is 4.43. The molecule has 0 amide bonds. The minimum Gasteiger partial charge on any atom is -0.395 e. The van der Waals surface area contributed by atoms with Gasteiger partial charge in [0.15, 0.2) is 5.65 Å². The second kappa shape index (κ2) is 6.54. The standard InChI is InChI=1S/C16H24N4O/c1-2-19-8-4-5-13(12-19)11-15-18-14-6-3-7-17-16(14)20(15)9-10-21/h3,6-7,13,21H,2,4-5,8-12H2,1H3. The van der Waals surface area contributed by atoms with Crippen molar-refractivity contribution >= 4 is 11.2 Å². The number of hydrogen-bond acceptors (Lipinski definition) is 4. The van der Waals surface area contributed by atoms with Gasteiger partial charge in [0.1, 0.15) is 11.3 Å². The first-order valence-corrected chi connectivity index (χ1v) is 7.95. The Morgan fingerprint density at radius 2 is 2.33 bits per heavy atom. The number of nitrogens with zero attached hydrogens (tertiary/aromatic N) is 4. The molecule has 3 heterocycles. The van der Waals surface area contributed by atoms with E-state index >= 15 is 0 Å². The van der Waals surface area contributed by atoms with Crippen molar-refractivity contribution in [3.63, 3.8) is 0 Å². The Kier molecular flexibility index (Phi) is 4.51. The molecule has 2 aromatic rings. The Hall–Kier alpha value is -1.46. The first-order valence-electron chi connectivity index (χ1n) is 7.95. The molecule has 114 valence electrons. The summed E-state index contributed by atoms with van der Waals surface area (Å²) in [5.74, 6) is 1.73. The molecular weight excluding hydrogens is 264 g/mol. The van der Waals surface area contributed by atoms with Gasteiger partial charge in [-0.05, 0) is 44.0 Å². The van der Waals surface area contributed by atoms with E-state index in [0.717, 1.165) is 36.5 Å². The Bertz CT molecular complexity index is 595.